The van der Waals surface area contributed by atoms with Gasteiger partial charge in [-0.15, -0.1) is 11.3 Å². The molecule has 0 aliphatic rings. The zero-order valence-electron chi connectivity index (χ0n) is 9.93. The van der Waals surface area contributed by atoms with Crippen LogP contribution < -0.4 is 11.3 Å². The minimum absolute atomic E-state index is 0.248. The lowest BCUT2D eigenvalue weighted by Gasteiger charge is -2.05. The highest BCUT2D eigenvalue weighted by Crippen LogP contribution is 2.25. The van der Waals surface area contributed by atoms with Gasteiger partial charge in [-0.1, -0.05) is 12.1 Å². The smallest absolute Gasteiger partial charge is 0.152 e. The maximum Gasteiger partial charge on any atom is 0.152 e. The summed E-state index contributed by atoms with van der Waals surface area (Å²) in [5, 5.41) is 2.86. The van der Waals surface area contributed by atoms with Crippen LogP contribution in [0.4, 0.5) is 10.2 Å². The van der Waals surface area contributed by atoms with Gasteiger partial charge in [-0.25, -0.2) is 20.2 Å². The minimum atomic E-state index is -0.248. The van der Waals surface area contributed by atoms with Crippen LogP contribution in [0.25, 0.3) is 10.2 Å². The van der Waals surface area contributed by atoms with Gasteiger partial charge in [0.2, 0.25) is 0 Å². The lowest BCUT2D eigenvalue weighted by Crippen LogP contribution is -2.10. The third-order valence-electron chi connectivity index (χ3n) is 2.78. The number of benzene rings is 1. The van der Waals surface area contributed by atoms with Gasteiger partial charge in [0.1, 0.15) is 16.5 Å². The molecule has 3 N–H and O–H groups in total. The lowest BCUT2D eigenvalue weighted by atomic mass is 10.1. The summed E-state index contributed by atoms with van der Waals surface area (Å²) in [4.78, 5) is 9.74. The average molecular weight is 274 g/mol. The molecule has 0 amide bonds. The molecule has 0 saturated heterocycles. The number of nitrogens with zero attached hydrogens (tertiary/aromatic N) is 2. The minimum Gasteiger partial charge on any atom is -0.308 e. The Balaban J connectivity index is 1.98. The van der Waals surface area contributed by atoms with Gasteiger partial charge < -0.3 is 5.43 Å². The van der Waals surface area contributed by atoms with Crippen molar-refractivity contribution in [2.24, 2.45) is 5.84 Å². The maximum atomic E-state index is 12.9. The first-order valence-electron chi connectivity index (χ1n) is 5.71. The van der Waals surface area contributed by atoms with Crippen molar-refractivity contribution in [3.8, 4) is 0 Å². The summed E-state index contributed by atoms with van der Waals surface area (Å²) >= 11 is 1.54. The predicted octanol–water partition coefficient (Wildman–Crippen LogP) is 2.71. The first-order chi connectivity index (χ1) is 9.26. The second-order valence-electron chi connectivity index (χ2n) is 4.08. The standard InChI is InChI=1S/C13H11FN4S/c14-9-3-1-8(2-4-9)7-11-16-12(18-15)10-5-6-19-13(10)17-11/h1-6H,7,15H2,(H,16,17,18). The van der Waals surface area contributed by atoms with Crippen molar-refractivity contribution in [1.82, 2.24) is 9.97 Å². The van der Waals surface area contributed by atoms with Gasteiger partial charge in [0.15, 0.2) is 5.82 Å². The number of nitrogens with two attached hydrogens (primary N) is 1. The van der Waals surface area contributed by atoms with Gasteiger partial charge in [0.05, 0.1) is 5.39 Å². The van der Waals surface area contributed by atoms with Crippen molar-refractivity contribution in [3.05, 3.63) is 52.9 Å². The molecule has 0 aliphatic carbocycles. The number of thiophene rings is 1. The fourth-order valence-corrected chi connectivity index (χ4v) is 2.66. The van der Waals surface area contributed by atoms with Gasteiger partial charge in [-0.05, 0) is 29.1 Å². The molecule has 0 spiro atoms. The molecular weight excluding hydrogens is 263 g/mol. The van der Waals surface area contributed by atoms with Gasteiger partial charge in [-0.3, -0.25) is 0 Å². The number of nitrogens with one attached hydrogen (secondary N) is 1. The van der Waals surface area contributed by atoms with Crippen LogP contribution in [0.2, 0.25) is 0 Å². The van der Waals surface area contributed by atoms with Crippen LogP contribution in [0.15, 0.2) is 35.7 Å². The quantitative estimate of drug-likeness (QED) is 0.569. The largest absolute Gasteiger partial charge is 0.308 e. The second kappa shape index (κ2) is 4.91. The Kier molecular flexibility index (Phi) is 3.10. The molecule has 19 heavy (non-hydrogen) atoms. The van der Waals surface area contributed by atoms with E-state index in [-0.39, 0.29) is 5.82 Å². The van der Waals surface area contributed by atoms with E-state index in [0.29, 0.717) is 18.1 Å². The summed E-state index contributed by atoms with van der Waals surface area (Å²) < 4.78 is 12.9. The summed E-state index contributed by atoms with van der Waals surface area (Å²) in [6.07, 6.45) is 0.544. The Morgan fingerprint density at radius 3 is 2.68 bits per heavy atom. The summed E-state index contributed by atoms with van der Waals surface area (Å²) in [7, 11) is 0. The molecule has 96 valence electrons. The molecule has 0 bridgehead atoms. The summed E-state index contributed by atoms with van der Waals surface area (Å²) in [6.45, 7) is 0. The fourth-order valence-electron chi connectivity index (χ4n) is 1.87. The first-order valence-corrected chi connectivity index (χ1v) is 6.59. The molecule has 0 atom stereocenters. The van der Waals surface area contributed by atoms with Gasteiger partial charge in [-0.2, -0.15) is 0 Å². The zero-order chi connectivity index (χ0) is 13.2. The Morgan fingerprint density at radius 2 is 1.95 bits per heavy atom. The third kappa shape index (κ3) is 2.40. The van der Waals surface area contributed by atoms with Crippen LogP contribution in [0.3, 0.4) is 0 Å². The topological polar surface area (TPSA) is 63.8 Å². The fraction of sp³-hybridized carbons (Fsp3) is 0.0769. The number of hydrogen-bond donors (Lipinski definition) is 2. The lowest BCUT2D eigenvalue weighted by molar-refractivity contribution is 0.627. The molecule has 3 aromatic rings. The molecule has 6 heteroatoms. The van der Waals surface area contributed by atoms with Crippen molar-refractivity contribution in [1.29, 1.82) is 0 Å². The molecule has 0 radical (unpaired) electrons. The van der Waals surface area contributed by atoms with Gasteiger partial charge in [0.25, 0.3) is 0 Å². The number of hydrogen-bond acceptors (Lipinski definition) is 5. The van der Waals surface area contributed by atoms with Crippen molar-refractivity contribution < 1.29 is 4.39 Å². The van der Waals surface area contributed by atoms with Crippen molar-refractivity contribution in [3.63, 3.8) is 0 Å². The Morgan fingerprint density at radius 1 is 1.16 bits per heavy atom. The first kappa shape index (κ1) is 12.0. The van der Waals surface area contributed by atoms with Gasteiger partial charge in [0, 0.05) is 6.42 Å². The highest BCUT2D eigenvalue weighted by molar-refractivity contribution is 7.16. The SMILES string of the molecule is NNc1nc(Cc2ccc(F)cc2)nc2sccc12. The third-order valence-corrected chi connectivity index (χ3v) is 3.59. The number of hydrazine groups is 1. The summed E-state index contributed by atoms with van der Waals surface area (Å²) in [5.41, 5.74) is 3.55. The van der Waals surface area contributed by atoms with Crippen molar-refractivity contribution >= 4 is 27.4 Å². The number of nitrogen functional groups attached to an aromatic ring is 1. The van der Waals surface area contributed by atoms with Crippen molar-refractivity contribution in [2.45, 2.75) is 6.42 Å². The number of anilines is 1. The normalized spacial score (nSPS) is 10.8. The molecule has 3 rings (SSSR count). The van der Waals surface area contributed by atoms with E-state index in [2.05, 4.69) is 15.4 Å². The Bertz CT molecular complexity index is 708. The van der Waals surface area contributed by atoms with E-state index in [1.54, 1.807) is 12.1 Å². The highest BCUT2D eigenvalue weighted by atomic mass is 32.1. The monoisotopic (exact) mass is 274 g/mol. The molecule has 0 unspecified atom stereocenters. The van der Waals surface area contributed by atoms with Gasteiger partial charge >= 0.3 is 0 Å². The molecule has 0 saturated carbocycles. The highest BCUT2D eigenvalue weighted by Gasteiger charge is 2.08. The molecule has 2 heterocycles. The van der Waals surface area contributed by atoms with Crippen LogP contribution >= 0.6 is 11.3 Å². The van der Waals surface area contributed by atoms with Crippen LogP contribution in [0, 0.1) is 5.82 Å². The van der Waals surface area contributed by atoms with Crippen molar-refractivity contribution in [2.75, 3.05) is 5.43 Å². The van der Waals surface area contributed by atoms with E-state index in [9.17, 15) is 4.39 Å². The number of fused-ring (bicyclic) bond motifs is 1. The molecule has 0 aliphatic heterocycles. The van der Waals surface area contributed by atoms with E-state index in [1.807, 2.05) is 11.4 Å². The van der Waals surface area contributed by atoms with E-state index in [0.717, 1.165) is 15.8 Å². The Labute approximate surface area is 113 Å². The summed E-state index contributed by atoms with van der Waals surface area (Å²) in [6, 6.07) is 8.25. The number of halogens is 1. The van der Waals surface area contributed by atoms with E-state index in [4.69, 9.17) is 5.84 Å². The second-order valence-corrected chi connectivity index (χ2v) is 4.97. The maximum absolute atomic E-state index is 12.9. The van der Waals surface area contributed by atoms with Crippen LogP contribution in [0.1, 0.15) is 11.4 Å². The van der Waals surface area contributed by atoms with Crippen LogP contribution in [-0.2, 0) is 6.42 Å². The molecular formula is C13H11FN4S. The van der Waals surface area contributed by atoms with E-state index in [1.165, 1.54) is 23.5 Å². The zero-order valence-corrected chi connectivity index (χ0v) is 10.7. The van der Waals surface area contributed by atoms with Crippen LogP contribution in [-0.4, -0.2) is 9.97 Å². The van der Waals surface area contributed by atoms with Crippen LogP contribution in [0.5, 0.6) is 0 Å². The molecule has 2 aromatic heterocycles. The van der Waals surface area contributed by atoms with E-state index < -0.39 is 0 Å². The molecule has 1 aromatic carbocycles. The number of rotatable bonds is 3. The molecule has 0 fully saturated rings. The average Bonchev–Trinajstić information content (AvgIpc) is 2.89. The molecule has 4 nitrogen and oxygen atoms in total. The van der Waals surface area contributed by atoms with E-state index >= 15 is 0 Å². The predicted molar refractivity (Wildman–Crippen MR) is 74.4 cm³/mol. The number of aromatic nitrogens is 2. The Hall–Kier alpha value is -2.05. The summed E-state index contributed by atoms with van der Waals surface area (Å²) in [5.74, 6) is 6.50.